The second-order valence-corrected chi connectivity index (χ2v) is 9.80. The van der Waals surface area contributed by atoms with Crippen LogP contribution in [0.25, 0.3) is 0 Å². The van der Waals surface area contributed by atoms with Crippen LogP contribution in [0.15, 0.2) is 35.5 Å². The van der Waals surface area contributed by atoms with Gasteiger partial charge in [0.25, 0.3) is 0 Å². The third kappa shape index (κ3) is 4.27. The molecule has 0 radical (unpaired) electrons. The van der Waals surface area contributed by atoms with Crippen LogP contribution >= 0.6 is 0 Å². The molecular weight excluding hydrogens is 332 g/mol. The SMILES string of the molecule is C=C1C(O)CC(=CC=C2CCCC3(C)C2CCC3C(C)CCCC)CC1O. The van der Waals surface area contributed by atoms with Gasteiger partial charge in [-0.2, -0.15) is 0 Å². The molecule has 2 heteroatoms. The first-order valence-corrected chi connectivity index (χ1v) is 11.3. The summed E-state index contributed by atoms with van der Waals surface area (Å²) in [6, 6.07) is 0. The lowest BCUT2D eigenvalue weighted by Gasteiger charge is -2.44. The van der Waals surface area contributed by atoms with Gasteiger partial charge >= 0.3 is 0 Å². The molecule has 0 spiro atoms. The van der Waals surface area contributed by atoms with Crippen molar-refractivity contribution in [2.75, 3.05) is 0 Å². The number of hydrogen-bond donors (Lipinski definition) is 2. The van der Waals surface area contributed by atoms with Crippen LogP contribution in [0.2, 0.25) is 0 Å². The van der Waals surface area contributed by atoms with Crippen molar-refractivity contribution in [3.63, 3.8) is 0 Å². The van der Waals surface area contributed by atoms with E-state index in [9.17, 15) is 10.2 Å². The molecule has 0 amide bonds. The topological polar surface area (TPSA) is 40.5 Å². The van der Waals surface area contributed by atoms with E-state index in [-0.39, 0.29) is 0 Å². The van der Waals surface area contributed by atoms with Crippen molar-refractivity contribution in [2.45, 2.75) is 97.2 Å². The van der Waals surface area contributed by atoms with Gasteiger partial charge in [-0.25, -0.2) is 0 Å². The maximum Gasteiger partial charge on any atom is 0.0809 e. The first-order valence-electron chi connectivity index (χ1n) is 11.3. The van der Waals surface area contributed by atoms with Crippen molar-refractivity contribution in [1.29, 1.82) is 0 Å². The zero-order chi connectivity index (χ0) is 19.6. The summed E-state index contributed by atoms with van der Waals surface area (Å²) >= 11 is 0. The van der Waals surface area contributed by atoms with Crippen LogP contribution in [-0.4, -0.2) is 22.4 Å². The number of hydrogen-bond acceptors (Lipinski definition) is 2. The molecule has 27 heavy (non-hydrogen) atoms. The van der Waals surface area contributed by atoms with Crippen LogP contribution in [0.3, 0.4) is 0 Å². The number of aliphatic hydroxyl groups is 2. The molecule has 3 fully saturated rings. The van der Waals surface area contributed by atoms with Crippen LogP contribution in [0, 0.1) is 23.2 Å². The maximum absolute atomic E-state index is 10.1. The van der Waals surface area contributed by atoms with E-state index >= 15 is 0 Å². The monoisotopic (exact) mass is 372 g/mol. The Bertz CT molecular complexity index is 585. The number of aliphatic hydroxyl groups excluding tert-OH is 2. The molecule has 0 aliphatic heterocycles. The molecule has 3 rings (SSSR count). The van der Waals surface area contributed by atoms with Gasteiger partial charge in [-0.15, -0.1) is 0 Å². The van der Waals surface area contributed by atoms with Crippen molar-refractivity contribution in [2.24, 2.45) is 23.2 Å². The second-order valence-electron chi connectivity index (χ2n) is 9.80. The molecular formula is C25H40O2. The fourth-order valence-electron chi connectivity index (χ4n) is 6.37. The Labute approximate surface area is 166 Å². The molecule has 2 nitrogen and oxygen atoms in total. The molecule has 0 heterocycles. The lowest BCUT2D eigenvalue weighted by atomic mass is 9.60. The highest BCUT2D eigenvalue weighted by atomic mass is 16.3. The van der Waals surface area contributed by atoms with Gasteiger partial charge in [0.15, 0.2) is 0 Å². The zero-order valence-corrected chi connectivity index (χ0v) is 17.7. The number of unbranched alkanes of at least 4 members (excludes halogenated alkanes) is 1. The third-order valence-corrected chi connectivity index (χ3v) is 8.04. The molecule has 3 aliphatic rings. The van der Waals surface area contributed by atoms with E-state index in [4.69, 9.17) is 0 Å². The van der Waals surface area contributed by atoms with E-state index in [1.54, 1.807) is 5.57 Å². The average Bonchev–Trinajstić information content (AvgIpc) is 2.99. The molecule has 6 unspecified atom stereocenters. The molecule has 0 bridgehead atoms. The molecule has 6 atom stereocenters. The van der Waals surface area contributed by atoms with Crippen molar-refractivity contribution in [1.82, 2.24) is 0 Å². The minimum Gasteiger partial charge on any atom is -0.388 e. The van der Waals surface area contributed by atoms with Crippen LogP contribution in [0.1, 0.15) is 85.0 Å². The molecule has 0 aromatic rings. The Morgan fingerprint density at radius 3 is 2.56 bits per heavy atom. The Morgan fingerprint density at radius 2 is 1.89 bits per heavy atom. The maximum atomic E-state index is 10.1. The number of allylic oxidation sites excluding steroid dienone is 3. The van der Waals surface area contributed by atoms with E-state index in [0.29, 0.717) is 23.8 Å². The minimum absolute atomic E-state index is 0.468. The molecule has 0 saturated heterocycles. The third-order valence-electron chi connectivity index (χ3n) is 8.04. The Kier molecular flexibility index (Phi) is 6.69. The minimum atomic E-state index is -0.592. The summed E-state index contributed by atoms with van der Waals surface area (Å²) in [6.07, 6.45) is 15.3. The van der Waals surface area contributed by atoms with Gasteiger partial charge in [0.05, 0.1) is 12.2 Å². The lowest BCUT2D eigenvalue weighted by Crippen LogP contribution is -2.36. The van der Waals surface area contributed by atoms with Gasteiger partial charge in [0.2, 0.25) is 0 Å². The summed E-state index contributed by atoms with van der Waals surface area (Å²) in [4.78, 5) is 0. The van der Waals surface area contributed by atoms with E-state index in [1.165, 1.54) is 51.4 Å². The Balaban J connectivity index is 1.74. The fourth-order valence-corrected chi connectivity index (χ4v) is 6.37. The molecule has 2 N–H and O–H groups in total. The summed E-state index contributed by atoms with van der Waals surface area (Å²) in [6.45, 7) is 11.2. The van der Waals surface area contributed by atoms with Crippen molar-refractivity contribution in [3.8, 4) is 0 Å². The quantitative estimate of drug-likeness (QED) is 0.585. The van der Waals surface area contributed by atoms with Gasteiger partial charge in [-0.05, 0) is 73.7 Å². The highest BCUT2D eigenvalue weighted by Gasteiger charge is 2.50. The predicted molar refractivity (Wildman–Crippen MR) is 113 cm³/mol. The highest BCUT2D eigenvalue weighted by molar-refractivity contribution is 5.29. The first kappa shape index (κ1) is 20.9. The largest absolute Gasteiger partial charge is 0.388 e. The standard InChI is InChI=1S/C25H40O2/c1-5-6-8-17(2)21-12-13-22-20(9-7-14-25(21,22)4)11-10-19-15-23(26)18(3)24(27)16-19/h10-11,17,21-24,26-27H,3,5-9,12-16H2,1-2,4H3. The summed E-state index contributed by atoms with van der Waals surface area (Å²) < 4.78 is 0. The predicted octanol–water partition coefficient (Wildman–Crippen LogP) is 5.95. The summed E-state index contributed by atoms with van der Waals surface area (Å²) in [7, 11) is 0. The highest BCUT2D eigenvalue weighted by Crippen LogP contribution is 2.59. The van der Waals surface area contributed by atoms with Crippen molar-refractivity contribution >= 4 is 0 Å². The number of rotatable bonds is 5. The number of fused-ring (bicyclic) bond motifs is 1. The summed E-state index contributed by atoms with van der Waals surface area (Å²) in [5.74, 6) is 2.44. The van der Waals surface area contributed by atoms with Gasteiger partial charge in [-0.3, -0.25) is 0 Å². The fraction of sp³-hybridized carbons (Fsp3) is 0.760. The van der Waals surface area contributed by atoms with Gasteiger partial charge in [0.1, 0.15) is 0 Å². The van der Waals surface area contributed by atoms with E-state index in [0.717, 1.165) is 23.3 Å². The molecule has 0 aromatic carbocycles. The molecule has 3 saturated carbocycles. The Morgan fingerprint density at radius 1 is 1.19 bits per heavy atom. The van der Waals surface area contributed by atoms with Gasteiger partial charge < -0.3 is 10.2 Å². The lowest BCUT2D eigenvalue weighted by molar-refractivity contribution is 0.0934. The van der Waals surface area contributed by atoms with E-state index in [1.807, 2.05) is 0 Å². The molecule has 0 aromatic heterocycles. The van der Waals surface area contributed by atoms with E-state index in [2.05, 4.69) is 39.5 Å². The first-order chi connectivity index (χ1) is 12.9. The van der Waals surface area contributed by atoms with E-state index < -0.39 is 12.2 Å². The van der Waals surface area contributed by atoms with Crippen LogP contribution in [-0.2, 0) is 0 Å². The van der Waals surface area contributed by atoms with Crippen molar-refractivity contribution in [3.05, 3.63) is 35.5 Å². The van der Waals surface area contributed by atoms with Crippen LogP contribution in [0.4, 0.5) is 0 Å². The van der Waals surface area contributed by atoms with Gasteiger partial charge in [-0.1, -0.05) is 69.9 Å². The zero-order valence-electron chi connectivity index (χ0n) is 17.7. The normalized spacial score (nSPS) is 39.5. The van der Waals surface area contributed by atoms with Crippen molar-refractivity contribution < 1.29 is 10.2 Å². The second kappa shape index (κ2) is 8.66. The summed E-state index contributed by atoms with van der Waals surface area (Å²) in [5, 5.41) is 20.2. The molecule has 3 aliphatic carbocycles. The van der Waals surface area contributed by atoms with Crippen LogP contribution < -0.4 is 0 Å². The van der Waals surface area contributed by atoms with Crippen LogP contribution in [0.5, 0.6) is 0 Å². The molecule has 152 valence electrons. The smallest absolute Gasteiger partial charge is 0.0809 e. The average molecular weight is 373 g/mol. The summed E-state index contributed by atoms with van der Waals surface area (Å²) in [5.41, 5.74) is 3.82. The van der Waals surface area contributed by atoms with Gasteiger partial charge in [0, 0.05) is 0 Å². The Hall–Kier alpha value is -0.860.